The Balaban J connectivity index is 1.54. The normalized spacial score (nSPS) is 10.2. The molecule has 0 amide bonds. The molecule has 109 valence electrons. The summed E-state index contributed by atoms with van der Waals surface area (Å²) in [7, 11) is 1.18. The van der Waals surface area contributed by atoms with Gasteiger partial charge in [0.05, 0.1) is 0 Å². The van der Waals surface area contributed by atoms with Crippen LogP contribution in [0.4, 0.5) is 0 Å². The second-order valence-electron chi connectivity index (χ2n) is 3.95. The van der Waals surface area contributed by atoms with E-state index in [0.717, 1.165) is 9.79 Å². The van der Waals surface area contributed by atoms with Crippen LogP contribution in [0, 0.1) is 0 Å². The Bertz CT molecular complexity index is 519. The lowest BCUT2D eigenvalue weighted by Crippen LogP contribution is -2.13. The molecule has 0 fully saturated rings. The summed E-state index contributed by atoms with van der Waals surface area (Å²) in [6.45, 7) is 0.0900. The molecule has 0 spiro atoms. The average Bonchev–Trinajstić information content (AvgIpc) is 2.46. The Kier molecular flexibility index (Phi) is 6.82. The third kappa shape index (κ3) is 6.35. The first-order chi connectivity index (χ1) is 10.2. The molecule has 2 aromatic carbocycles. The van der Waals surface area contributed by atoms with Crippen molar-refractivity contribution in [2.75, 3.05) is 13.6 Å². The van der Waals surface area contributed by atoms with Gasteiger partial charge in [0.1, 0.15) is 11.5 Å². The van der Waals surface area contributed by atoms with E-state index in [4.69, 9.17) is 18.8 Å². The van der Waals surface area contributed by atoms with Crippen LogP contribution >= 0.6 is 25.3 Å². The first-order valence-corrected chi connectivity index (χ1v) is 7.02. The summed E-state index contributed by atoms with van der Waals surface area (Å²) in [4.78, 5) is 1.65. The van der Waals surface area contributed by atoms with Gasteiger partial charge in [-0.2, -0.15) is 0 Å². The minimum atomic E-state index is 0.0450. The van der Waals surface area contributed by atoms with Gasteiger partial charge in [0.25, 0.3) is 0 Å². The summed E-state index contributed by atoms with van der Waals surface area (Å²) >= 11 is 8.42. The maximum absolute atomic E-state index is 5.33. The summed E-state index contributed by atoms with van der Waals surface area (Å²) in [6, 6.07) is 14.6. The highest BCUT2D eigenvalue weighted by atomic mass is 32.1. The fourth-order valence-corrected chi connectivity index (χ4v) is 1.88. The second-order valence-corrected chi connectivity index (χ2v) is 4.98. The first kappa shape index (κ1) is 16.1. The SMILES string of the molecule is Sc1cccc(OCO[B]OCOc2cccc(S)c2)c1. The maximum Gasteiger partial charge on any atom is 0.492 e. The quantitative estimate of drug-likeness (QED) is 0.339. The lowest BCUT2D eigenvalue weighted by molar-refractivity contribution is 0.0601. The standard InChI is InChI=1S/C14H14BO4S2/c20-13-5-1-3-11(7-13)16-9-18-15-19-10-17-12-4-2-6-14(21)8-12/h1-8,20-21H,9-10H2. The van der Waals surface area contributed by atoms with Crippen LogP contribution in [0.2, 0.25) is 0 Å². The van der Waals surface area contributed by atoms with E-state index in [1.807, 2.05) is 36.4 Å². The Hall–Kier alpha value is -1.28. The monoisotopic (exact) mass is 321 g/mol. The smallest absolute Gasteiger partial charge is 0.469 e. The molecule has 1 radical (unpaired) electrons. The molecule has 7 heteroatoms. The van der Waals surface area contributed by atoms with Crippen LogP contribution in [0.25, 0.3) is 0 Å². The molecule has 0 aromatic heterocycles. The largest absolute Gasteiger partial charge is 0.492 e. The van der Waals surface area contributed by atoms with E-state index in [1.54, 1.807) is 12.1 Å². The van der Waals surface area contributed by atoms with Gasteiger partial charge in [-0.1, -0.05) is 12.1 Å². The number of hydrogen-bond acceptors (Lipinski definition) is 6. The molecule has 0 atom stereocenters. The van der Waals surface area contributed by atoms with Gasteiger partial charge in [0.15, 0.2) is 13.6 Å². The van der Waals surface area contributed by atoms with Gasteiger partial charge in [0.2, 0.25) is 0 Å². The number of rotatable bonds is 8. The molecule has 0 aliphatic heterocycles. The fraction of sp³-hybridized carbons (Fsp3) is 0.143. The van der Waals surface area contributed by atoms with E-state index < -0.39 is 0 Å². The summed E-state index contributed by atoms with van der Waals surface area (Å²) in [6.07, 6.45) is 0. The van der Waals surface area contributed by atoms with Gasteiger partial charge in [-0.25, -0.2) is 0 Å². The molecular weight excluding hydrogens is 307 g/mol. The highest BCUT2D eigenvalue weighted by Gasteiger charge is 1.98. The Labute approximate surface area is 135 Å². The van der Waals surface area contributed by atoms with Crippen LogP contribution in [0.5, 0.6) is 11.5 Å². The fourth-order valence-electron chi connectivity index (χ4n) is 1.45. The van der Waals surface area contributed by atoms with Gasteiger partial charge < -0.3 is 18.8 Å². The first-order valence-electron chi connectivity index (χ1n) is 6.12. The summed E-state index contributed by atoms with van der Waals surface area (Å²) < 4.78 is 20.8. The predicted molar refractivity (Wildman–Crippen MR) is 86.3 cm³/mol. The van der Waals surface area contributed by atoms with Gasteiger partial charge in [-0.05, 0) is 36.4 Å². The van der Waals surface area contributed by atoms with Crippen molar-refractivity contribution in [2.24, 2.45) is 0 Å². The van der Waals surface area contributed by atoms with Crippen LogP contribution in [-0.2, 0) is 9.31 Å². The molecular formula is C14H14BO4S2. The molecule has 0 N–H and O–H groups in total. The molecule has 2 aromatic rings. The molecule has 0 bridgehead atoms. The van der Waals surface area contributed by atoms with Gasteiger partial charge in [-0.3, -0.25) is 0 Å². The second kappa shape index (κ2) is 8.89. The van der Waals surface area contributed by atoms with E-state index in [-0.39, 0.29) is 13.6 Å². The highest BCUT2D eigenvalue weighted by molar-refractivity contribution is 7.80. The van der Waals surface area contributed by atoms with Crippen molar-refractivity contribution >= 4 is 32.9 Å². The Morgan fingerprint density at radius 3 is 1.67 bits per heavy atom. The van der Waals surface area contributed by atoms with Crippen molar-refractivity contribution in [1.82, 2.24) is 0 Å². The van der Waals surface area contributed by atoms with E-state index in [2.05, 4.69) is 25.3 Å². The summed E-state index contributed by atoms with van der Waals surface area (Å²) in [5.74, 6) is 1.36. The van der Waals surface area contributed by atoms with Crippen LogP contribution in [0.15, 0.2) is 58.3 Å². The summed E-state index contributed by atoms with van der Waals surface area (Å²) in [5, 5.41) is 0. The van der Waals surface area contributed by atoms with Crippen molar-refractivity contribution in [3.05, 3.63) is 48.5 Å². The molecule has 21 heavy (non-hydrogen) atoms. The van der Waals surface area contributed by atoms with Crippen molar-refractivity contribution in [3.63, 3.8) is 0 Å². The topological polar surface area (TPSA) is 36.9 Å². The maximum atomic E-state index is 5.33. The molecule has 0 unspecified atom stereocenters. The van der Waals surface area contributed by atoms with Crippen molar-refractivity contribution in [3.8, 4) is 11.5 Å². The number of thiol groups is 2. The zero-order valence-electron chi connectivity index (χ0n) is 11.1. The van der Waals surface area contributed by atoms with Crippen LogP contribution in [0.1, 0.15) is 0 Å². The minimum Gasteiger partial charge on any atom is -0.469 e. The van der Waals surface area contributed by atoms with E-state index >= 15 is 0 Å². The van der Waals surface area contributed by atoms with Gasteiger partial charge >= 0.3 is 7.69 Å². The lowest BCUT2D eigenvalue weighted by Gasteiger charge is -2.08. The Morgan fingerprint density at radius 2 is 1.24 bits per heavy atom. The van der Waals surface area contributed by atoms with Crippen molar-refractivity contribution in [2.45, 2.75) is 9.79 Å². The zero-order valence-corrected chi connectivity index (χ0v) is 12.9. The molecule has 0 aliphatic carbocycles. The van der Waals surface area contributed by atoms with E-state index in [1.165, 1.54) is 7.69 Å². The minimum absolute atomic E-state index is 0.0450. The lowest BCUT2D eigenvalue weighted by atomic mass is 10.3. The number of ether oxygens (including phenoxy) is 2. The third-order valence-corrected chi connectivity index (χ3v) is 2.91. The van der Waals surface area contributed by atoms with Crippen LogP contribution < -0.4 is 9.47 Å². The van der Waals surface area contributed by atoms with Crippen molar-refractivity contribution in [1.29, 1.82) is 0 Å². The van der Waals surface area contributed by atoms with Crippen LogP contribution in [-0.4, -0.2) is 21.3 Å². The number of hydrogen-bond donors (Lipinski definition) is 2. The highest BCUT2D eigenvalue weighted by Crippen LogP contribution is 2.16. The molecule has 0 saturated carbocycles. The van der Waals surface area contributed by atoms with E-state index in [9.17, 15) is 0 Å². The van der Waals surface area contributed by atoms with Crippen LogP contribution in [0.3, 0.4) is 0 Å². The zero-order chi connectivity index (χ0) is 14.9. The predicted octanol–water partition coefficient (Wildman–Crippen LogP) is 3.20. The molecule has 0 heterocycles. The molecule has 0 aliphatic rings. The summed E-state index contributed by atoms with van der Waals surface area (Å²) in [5.41, 5.74) is 0. The van der Waals surface area contributed by atoms with E-state index in [0.29, 0.717) is 11.5 Å². The Morgan fingerprint density at radius 1 is 0.762 bits per heavy atom. The van der Waals surface area contributed by atoms with Gasteiger partial charge in [0, 0.05) is 9.79 Å². The molecule has 0 saturated heterocycles. The molecule has 4 nitrogen and oxygen atoms in total. The number of benzene rings is 2. The third-order valence-electron chi connectivity index (χ3n) is 2.36. The molecule has 2 rings (SSSR count). The van der Waals surface area contributed by atoms with Gasteiger partial charge in [-0.15, -0.1) is 25.3 Å². The average molecular weight is 321 g/mol. The van der Waals surface area contributed by atoms with Crippen molar-refractivity contribution < 1.29 is 18.8 Å².